The standard InChI is InChI=1S/C22H29BrN2O6/c1-25-9-8-17(25)22(29)31-19-12-18(26)14(11-15(19)23)20(27)24-16(21(28)30-2)10-13-6-4-3-5-7-13/h3-7,14-19,26H,8-12H2,1-2H3,(H,24,27)/t14?,15?,16-,17?,18?,19?/m0/s1. The molecule has 1 saturated carbocycles. The Balaban J connectivity index is 1.59. The molecule has 3 rings (SSSR count). The second kappa shape index (κ2) is 10.6. The van der Waals surface area contributed by atoms with Crippen LogP contribution in [-0.2, 0) is 30.3 Å². The van der Waals surface area contributed by atoms with E-state index in [0.717, 1.165) is 18.5 Å². The van der Waals surface area contributed by atoms with Gasteiger partial charge in [0.15, 0.2) is 0 Å². The summed E-state index contributed by atoms with van der Waals surface area (Å²) in [5.41, 5.74) is 0.883. The molecule has 2 aliphatic rings. The van der Waals surface area contributed by atoms with Crippen LogP contribution in [-0.4, -0.2) is 77.7 Å². The van der Waals surface area contributed by atoms with Crippen molar-refractivity contribution in [3.05, 3.63) is 35.9 Å². The molecule has 5 unspecified atom stereocenters. The smallest absolute Gasteiger partial charge is 0.328 e. The molecule has 8 nitrogen and oxygen atoms in total. The van der Waals surface area contributed by atoms with Crippen LogP contribution in [0.3, 0.4) is 0 Å². The van der Waals surface area contributed by atoms with Gasteiger partial charge >= 0.3 is 11.9 Å². The van der Waals surface area contributed by atoms with E-state index in [0.29, 0.717) is 0 Å². The fourth-order valence-corrected chi connectivity index (χ4v) is 4.74. The zero-order chi connectivity index (χ0) is 22.5. The maximum Gasteiger partial charge on any atom is 0.328 e. The van der Waals surface area contributed by atoms with Gasteiger partial charge in [0.2, 0.25) is 5.91 Å². The Labute approximate surface area is 190 Å². The quantitative estimate of drug-likeness (QED) is 0.429. The average Bonchev–Trinajstić information content (AvgIpc) is 2.74. The summed E-state index contributed by atoms with van der Waals surface area (Å²) in [6, 6.07) is 8.22. The Morgan fingerprint density at radius 3 is 2.55 bits per heavy atom. The zero-order valence-electron chi connectivity index (χ0n) is 17.7. The van der Waals surface area contributed by atoms with E-state index in [1.807, 2.05) is 42.3 Å². The molecule has 31 heavy (non-hydrogen) atoms. The van der Waals surface area contributed by atoms with Crippen LogP contribution in [0.25, 0.3) is 0 Å². The van der Waals surface area contributed by atoms with Gasteiger partial charge < -0.3 is 19.9 Å². The summed E-state index contributed by atoms with van der Waals surface area (Å²) >= 11 is 3.51. The number of halogens is 1. The van der Waals surface area contributed by atoms with Crippen molar-refractivity contribution < 1.29 is 29.0 Å². The van der Waals surface area contributed by atoms with Gasteiger partial charge in [0.05, 0.1) is 24.0 Å². The predicted octanol–water partition coefficient (Wildman–Crippen LogP) is 1.04. The summed E-state index contributed by atoms with van der Waals surface area (Å²) in [6.45, 7) is 0.859. The first-order valence-corrected chi connectivity index (χ1v) is 11.4. The lowest BCUT2D eigenvalue weighted by Gasteiger charge is -2.39. The fourth-order valence-electron chi connectivity index (χ4n) is 4.01. The highest BCUT2D eigenvalue weighted by Crippen LogP contribution is 2.33. The minimum atomic E-state index is -0.985. The molecule has 1 aromatic carbocycles. The van der Waals surface area contributed by atoms with E-state index in [4.69, 9.17) is 9.47 Å². The number of ether oxygens (including phenoxy) is 2. The number of amides is 1. The van der Waals surface area contributed by atoms with Gasteiger partial charge in [0, 0.05) is 19.4 Å². The molecule has 170 valence electrons. The third kappa shape index (κ3) is 5.84. The van der Waals surface area contributed by atoms with E-state index in [-0.39, 0.29) is 36.1 Å². The molecule has 1 aromatic rings. The number of aliphatic hydroxyl groups is 1. The number of hydrogen-bond donors (Lipinski definition) is 2. The van der Waals surface area contributed by atoms with E-state index in [9.17, 15) is 19.5 Å². The summed E-state index contributed by atoms with van der Waals surface area (Å²) in [5, 5.41) is 13.3. The van der Waals surface area contributed by atoms with Gasteiger partial charge in [-0.1, -0.05) is 46.3 Å². The van der Waals surface area contributed by atoms with Gasteiger partial charge in [-0.15, -0.1) is 0 Å². The Morgan fingerprint density at radius 2 is 1.97 bits per heavy atom. The van der Waals surface area contributed by atoms with Crippen molar-refractivity contribution >= 4 is 33.8 Å². The number of rotatable bonds is 7. The van der Waals surface area contributed by atoms with Crippen LogP contribution in [0.2, 0.25) is 0 Å². The predicted molar refractivity (Wildman–Crippen MR) is 116 cm³/mol. The van der Waals surface area contributed by atoms with Crippen molar-refractivity contribution in [3.63, 3.8) is 0 Å². The van der Waals surface area contributed by atoms with Crippen molar-refractivity contribution in [2.75, 3.05) is 20.7 Å². The molecule has 0 bridgehead atoms. The van der Waals surface area contributed by atoms with Gasteiger partial charge in [-0.2, -0.15) is 0 Å². The average molecular weight is 497 g/mol. The maximum atomic E-state index is 12.9. The fraction of sp³-hybridized carbons (Fsp3) is 0.591. The highest BCUT2D eigenvalue weighted by molar-refractivity contribution is 9.09. The summed E-state index contributed by atoms with van der Waals surface area (Å²) in [6.07, 6.45) is -0.0157. The van der Waals surface area contributed by atoms with Crippen molar-refractivity contribution in [1.29, 1.82) is 0 Å². The summed E-state index contributed by atoms with van der Waals surface area (Å²) in [7, 11) is 3.14. The molecule has 2 fully saturated rings. The molecule has 1 saturated heterocycles. The number of esters is 2. The number of aliphatic hydroxyl groups excluding tert-OH is 1. The molecule has 6 atom stereocenters. The molecule has 1 heterocycles. The van der Waals surface area contributed by atoms with E-state index >= 15 is 0 Å². The molecule has 1 aliphatic heterocycles. The second-order valence-electron chi connectivity index (χ2n) is 8.20. The van der Waals surface area contributed by atoms with Crippen LogP contribution < -0.4 is 5.32 Å². The molecular formula is C22H29BrN2O6. The van der Waals surface area contributed by atoms with E-state index in [2.05, 4.69) is 21.2 Å². The molecule has 2 N–H and O–H groups in total. The summed E-state index contributed by atoms with van der Waals surface area (Å²) < 4.78 is 10.4. The molecule has 0 spiro atoms. The number of methoxy groups -OCH3 is 1. The number of benzene rings is 1. The van der Waals surface area contributed by atoms with Crippen molar-refractivity contribution in [1.82, 2.24) is 10.2 Å². The first kappa shape index (κ1) is 23.7. The zero-order valence-corrected chi connectivity index (χ0v) is 19.3. The number of hydrogen-bond acceptors (Lipinski definition) is 7. The van der Waals surface area contributed by atoms with Crippen molar-refractivity contribution in [2.24, 2.45) is 5.92 Å². The highest BCUT2D eigenvalue weighted by Gasteiger charge is 2.43. The maximum absolute atomic E-state index is 12.9. The van der Waals surface area contributed by atoms with Gasteiger partial charge in [0.25, 0.3) is 0 Å². The molecule has 0 radical (unpaired) electrons. The molecule has 0 aromatic heterocycles. The minimum Gasteiger partial charge on any atom is -0.467 e. The monoisotopic (exact) mass is 496 g/mol. The molecule has 1 aliphatic carbocycles. The second-order valence-corrected chi connectivity index (χ2v) is 9.37. The van der Waals surface area contributed by atoms with E-state index < -0.39 is 36.0 Å². The minimum absolute atomic E-state index is 0.151. The number of nitrogens with one attached hydrogen (secondary N) is 1. The van der Waals surface area contributed by atoms with Crippen LogP contribution in [0.1, 0.15) is 24.8 Å². The normalized spacial score (nSPS) is 29.4. The topological polar surface area (TPSA) is 105 Å². The third-order valence-electron chi connectivity index (χ3n) is 6.07. The van der Waals surface area contributed by atoms with Gasteiger partial charge in [-0.3, -0.25) is 14.5 Å². The van der Waals surface area contributed by atoms with Crippen LogP contribution in [0, 0.1) is 5.92 Å². The van der Waals surface area contributed by atoms with Gasteiger partial charge in [-0.05, 0) is 25.5 Å². The Kier molecular flexibility index (Phi) is 8.07. The van der Waals surface area contributed by atoms with E-state index in [1.54, 1.807) is 0 Å². The van der Waals surface area contributed by atoms with Crippen LogP contribution >= 0.6 is 15.9 Å². The first-order valence-electron chi connectivity index (χ1n) is 10.4. The summed E-state index contributed by atoms with van der Waals surface area (Å²) in [4.78, 5) is 39.1. The van der Waals surface area contributed by atoms with Crippen molar-refractivity contribution in [3.8, 4) is 0 Å². The highest BCUT2D eigenvalue weighted by atomic mass is 79.9. The molecule has 9 heteroatoms. The Hall–Kier alpha value is -1.97. The number of nitrogens with zero attached hydrogens (tertiary/aromatic N) is 1. The number of carbonyl (C=O) groups is 3. The Bertz CT molecular complexity index is 791. The lowest BCUT2D eigenvalue weighted by Crippen LogP contribution is -2.54. The Morgan fingerprint density at radius 1 is 1.26 bits per heavy atom. The number of likely N-dealkylation sites (N-methyl/N-ethyl adjacent to an activating group) is 1. The number of likely N-dealkylation sites (tertiary alicyclic amines) is 1. The van der Waals surface area contributed by atoms with Crippen LogP contribution in [0.15, 0.2) is 30.3 Å². The van der Waals surface area contributed by atoms with Gasteiger partial charge in [-0.25, -0.2) is 4.79 Å². The lowest BCUT2D eigenvalue weighted by molar-refractivity contribution is -0.163. The van der Waals surface area contributed by atoms with E-state index in [1.165, 1.54) is 7.11 Å². The first-order chi connectivity index (χ1) is 14.8. The molecule has 1 amide bonds. The summed E-state index contributed by atoms with van der Waals surface area (Å²) in [5.74, 6) is -2.00. The number of alkyl halides is 1. The van der Waals surface area contributed by atoms with Crippen molar-refractivity contribution in [2.45, 2.75) is 54.8 Å². The van der Waals surface area contributed by atoms with Crippen LogP contribution in [0.5, 0.6) is 0 Å². The number of carbonyl (C=O) groups excluding carboxylic acids is 3. The lowest BCUT2D eigenvalue weighted by atomic mass is 9.83. The van der Waals surface area contributed by atoms with Crippen LogP contribution in [0.4, 0.5) is 0 Å². The third-order valence-corrected chi connectivity index (χ3v) is 7.03. The largest absolute Gasteiger partial charge is 0.467 e. The molecular weight excluding hydrogens is 468 g/mol. The van der Waals surface area contributed by atoms with Gasteiger partial charge in [0.1, 0.15) is 18.2 Å². The SMILES string of the molecule is COC(=O)[C@H](Cc1ccccc1)NC(=O)C1CC(Br)C(OC(=O)C2CCN2C)CC1O.